The average molecular weight is 221 g/mol. The van der Waals surface area contributed by atoms with Crippen LogP contribution < -0.4 is 10.1 Å². The number of methoxy groups -OCH3 is 2. The molecule has 1 N–H and O–H groups in total. The maximum atomic E-state index is 5.77. The van der Waals surface area contributed by atoms with Crippen molar-refractivity contribution in [2.24, 2.45) is 0 Å². The molecule has 0 aliphatic carbocycles. The van der Waals surface area contributed by atoms with E-state index in [1.54, 1.807) is 14.2 Å². The van der Waals surface area contributed by atoms with Crippen molar-refractivity contribution in [3.8, 4) is 5.75 Å². The maximum absolute atomic E-state index is 5.77. The van der Waals surface area contributed by atoms with Gasteiger partial charge in [-0.2, -0.15) is 0 Å². The van der Waals surface area contributed by atoms with E-state index in [4.69, 9.17) is 9.47 Å². The maximum Gasteiger partial charge on any atom is 0.119 e. The Morgan fingerprint density at radius 2 is 1.94 bits per heavy atom. The van der Waals surface area contributed by atoms with Crippen LogP contribution in [0, 0.1) is 0 Å². The van der Waals surface area contributed by atoms with Crippen molar-refractivity contribution >= 4 is 0 Å². The van der Waals surface area contributed by atoms with Crippen LogP contribution in [0.15, 0.2) is 24.3 Å². The van der Waals surface area contributed by atoms with Crippen molar-refractivity contribution in [2.45, 2.75) is 18.4 Å². The zero-order chi connectivity index (χ0) is 11.4. The molecule has 1 saturated heterocycles. The van der Waals surface area contributed by atoms with Gasteiger partial charge in [-0.25, -0.2) is 0 Å². The number of benzene rings is 1. The number of hydrogen-bond acceptors (Lipinski definition) is 3. The highest BCUT2D eigenvalue weighted by atomic mass is 16.5. The number of nitrogens with one attached hydrogen (secondary N) is 1. The van der Waals surface area contributed by atoms with Gasteiger partial charge in [0.05, 0.1) is 12.7 Å². The summed E-state index contributed by atoms with van der Waals surface area (Å²) in [6, 6.07) is 8.19. The fourth-order valence-electron chi connectivity index (χ4n) is 2.35. The molecule has 88 valence electrons. The molecular formula is C13H19NO2. The van der Waals surface area contributed by atoms with E-state index < -0.39 is 0 Å². The minimum Gasteiger partial charge on any atom is -0.497 e. The highest BCUT2D eigenvalue weighted by molar-refractivity contribution is 5.33. The number of hydrogen-bond donors (Lipinski definition) is 1. The van der Waals surface area contributed by atoms with Gasteiger partial charge in [0.2, 0.25) is 0 Å². The lowest BCUT2D eigenvalue weighted by Gasteiger charge is -2.37. The van der Waals surface area contributed by atoms with Crippen LogP contribution in [0.4, 0.5) is 0 Å². The molecule has 2 rings (SSSR count). The Hall–Kier alpha value is -1.06. The Morgan fingerprint density at radius 1 is 1.19 bits per heavy atom. The molecular weight excluding hydrogens is 202 g/mol. The van der Waals surface area contributed by atoms with Gasteiger partial charge in [0.15, 0.2) is 0 Å². The average Bonchev–Trinajstić information content (AvgIpc) is 2.39. The van der Waals surface area contributed by atoms with Gasteiger partial charge < -0.3 is 14.8 Å². The Bertz CT molecular complexity index is 346. The molecule has 1 aliphatic heterocycles. The van der Waals surface area contributed by atoms with Crippen LogP contribution in [0.25, 0.3) is 0 Å². The molecule has 1 fully saturated rings. The standard InChI is InChI=1S/C13H19NO2/c1-15-12-5-3-4-11(10-12)13(16-2)6-8-14-9-7-13/h3-5,10,14H,6-9H2,1-2H3. The second-order valence-corrected chi connectivity index (χ2v) is 4.18. The molecule has 0 aromatic heterocycles. The van der Waals surface area contributed by atoms with Gasteiger partial charge in [0.25, 0.3) is 0 Å². The van der Waals surface area contributed by atoms with Gasteiger partial charge in [-0.05, 0) is 43.6 Å². The molecule has 0 radical (unpaired) electrons. The van der Waals surface area contributed by atoms with Gasteiger partial charge in [0, 0.05) is 7.11 Å². The zero-order valence-corrected chi connectivity index (χ0v) is 9.95. The second-order valence-electron chi connectivity index (χ2n) is 4.18. The largest absolute Gasteiger partial charge is 0.497 e. The van der Waals surface area contributed by atoms with Crippen molar-refractivity contribution < 1.29 is 9.47 Å². The van der Waals surface area contributed by atoms with Gasteiger partial charge in [-0.15, -0.1) is 0 Å². The van der Waals surface area contributed by atoms with E-state index >= 15 is 0 Å². The first kappa shape index (κ1) is 11.4. The molecule has 1 heterocycles. The molecule has 1 aliphatic rings. The minimum atomic E-state index is -0.139. The summed E-state index contributed by atoms with van der Waals surface area (Å²) < 4.78 is 11.0. The highest BCUT2D eigenvalue weighted by Crippen LogP contribution is 2.35. The predicted octanol–water partition coefficient (Wildman–Crippen LogP) is 1.92. The molecule has 3 nitrogen and oxygen atoms in total. The van der Waals surface area contributed by atoms with Crippen LogP contribution in [0.2, 0.25) is 0 Å². The molecule has 0 saturated carbocycles. The van der Waals surface area contributed by atoms with Gasteiger partial charge in [0.1, 0.15) is 5.75 Å². The first-order valence-electron chi connectivity index (χ1n) is 5.71. The predicted molar refractivity (Wildman–Crippen MR) is 63.8 cm³/mol. The Balaban J connectivity index is 2.31. The van der Waals surface area contributed by atoms with Crippen LogP contribution in [0.5, 0.6) is 5.75 Å². The third-order valence-electron chi connectivity index (χ3n) is 3.40. The van der Waals surface area contributed by atoms with Crippen LogP contribution >= 0.6 is 0 Å². The van der Waals surface area contributed by atoms with E-state index in [1.165, 1.54) is 5.56 Å². The highest BCUT2D eigenvalue weighted by Gasteiger charge is 2.33. The van der Waals surface area contributed by atoms with Crippen molar-refractivity contribution in [3.63, 3.8) is 0 Å². The first-order valence-corrected chi connectivity index (χ1v) is 5.71. The fraction of sp³-hybridized carbons (Fsp3) is 0.538. The van der Waals surface area contributed by atoms with Crippen molar-refractivity contribution in [2.75, 3.05) is 27.3 Å². The van der Waals surface area contributed by atoms with Gasteiger partial charge in [-0.1, -0.05) is 12.1 Å². The van der Waals surface area contributed by atoms with Crippen LogP contribution in [0.1, 0.15) is 18.4 Å². The third-order valence-corrected chi connectivity index (χ3v) is 3.40. The zero-order valence-electron chi connectivity index (χ0n) is 9.95. The lowest BCUT2D eigenvalue weighted by Crippen LogP contribution is -2.41. The Morgan fingerprint density at radius 3 is 2.56 bits per heavy atom. The lowest BCUT2D eigenvalue weighted by atomic mass is 9.85. The lowest BCUT2D eigenvalue weighted by molar-refractivity contribution is -0.0392. The molecule has 0 bridgehead atoms. The summed E-state index contributed by atoms with van der Waals surface area (Å²) in [4.78, 5) is 0. The van der Waals surface area contributed by atoms with E-state index in [-0.39, 0.29) is 5.60 Å². The molecule has 16 heavy (non-hydrogen) atoms. The van der Waals surface area contributed by atoms with Crippen molar-refractivity contribution in [1.82, 2.24) is 5.32 Å². The number of piperidine rings is 1. The molecule has 0 atom stereocenters. The van der Waals surface area contributed by atoms with Gasteiger partial charge in [-0.3, -0.25) is 0 Å². The topological polar surface area (TPSA) is 30.5 Å². The number of rotatable bonds is 3. The van der Waals surface area contributed by atoms with Crippen molar-refractivity contribution in [1.29, 1.82) is 0 Å². The van der Waals surface area contributed by atoms with E-state index in [9.17, 15) is 0 Å². The van der Waals surface area contributed by atoms with Crippen LogP contribution in [-0.2, 0) is 10.3 Å². The SMILES string of the molecule is COc1cccc(C2(OC)CCNCC2)c1. The smallest absolute Gasteiger partial charge is 0.119 e. The molecule has 3 heteroatoms. The molecule has 0 unspecified atom stereocenters. The normalized spacial score (nSPS) is 19.4. The molecule has 1 aromatic carbocycles. The molecule has 0 spiro atoms. The summed E-state index contributed by atoms with van der Waals surface area (Å²) in [7, 11) is 3.49. The Kier molecular flexibility index (Phi) is 3.46. The quantitative estimate of drug-likeness (QED) is 0.846. The number of ether oxygens (including phenoxy) is 2. The van der Waals surface area contributed by atoms with E-state index in [0.29, 0.717) is 0 Å². The third kappa shape index (κ3) is 2.06. The molecule has 0 amide bonds. The first-order chi connectivity index (χ1) is 7.80. The van der Waals surface area contributed by atoms with Crippen LogP contribution in [0.3, 0.4) is 0 Å². The van der Waals surface area contributed by atoms with Crippen molar-refractivity contribution in [3.05, 3.63) is 29.8 Å². The Labute approximate surface area is 96.8 Å². The summed E-state index contributed by atoms with van der Waals surface area (Å²) in [5.41, 5.74) is 1.08. The summed E-state index contributed by atoms with van der Waals surface area (Å²) in [6.45, 7) is 2.01. The van der Waals surface area contributed by atoms with E-state index in [0.717, 1.165) is 31.7 Å². The summed E-state index contributed by atoms with van der Waals surface area (Å²) in [5, 5.41) is 3.36. The summed E-state index contributed by atoms with van der Waals surface area (Å²) >= 11 is 0. The summed E-state index contributed by atoms with van der Waals surface area (Å²) in [5.74, 6) is 0.896. The van der Waals surface area contributed by atoms with E-state index in [2.05, 4.69) is 17.4 Å². The monoisotopic (exact) mass is 221 g/mol. The van der Waals surface area contributed by atoms with Gasteiger partial charge >= 0.3 is 0 Å². The minimum absolute atomic E-state index is 0.139. The fourth-order valence-corrected chi connectivity index (χ4v) is 2.35. The second kappa shape index (κ2) is 4.85. The van der Waals surface area contributed by atoms with Crippen LogP contribution in [-0.4, -0.2) is 27.3 Å². The molecule has 1 aromatic rings. The summed E-state index contributed by atoms with van der Waals surface area (Å²) in [6.07, 6.45) is 2.02. The van der Waals surface area contributed by atoms with E-state index in [1.807, 2.05) is 12.1 Å².